The number of rotatable bonds is 6. The summed E-state index contributed by atoms with van der Waals surface area (Å²) in [6, 6.07) is 25.8. The lowest BCUT2D eigenvalue weighted by Crippen LogP contribution is -2.64. The Morgan fingerprint density at radius 2 is 1.75 bits per heavy atom. The quantitative estimate of drug-likeness (QED) is 0.406. The second kappa shape index (κ2) is 9.51. The summed E-state index contributed by atoms with van der Waals surface area (Å²) in [6.45, 7) is 2.30. The number of hydrogen-bond acceptors (Lipinski definition) is 4. The van der Waals surface area contributed by atoms with Crippen molar-refractivity contribution in [3.05, 3.63) is 101 Å². The van der Waals surface area contributed by atoms with Crippen LogP contribution in [0.2, 0.25) is 5.02 Å². The number of fused-ring (bicyclic) bond motifs is 1. The molecule has 2 heterocycles. The molecule has 7 nitrogen and oxygen atoms in total. The molecule has 36 heavy (non-hydrogen) atoms. The molecule has 1 aliphatic rings. The molecule has 0 spiro atoms. The van der Waals surface area contributed by atoms with Crippen molar-refractivity contribution in [3.8, 4) is 17.0 Å². The first kappa shape index (κ1) is 23.6. The second-order valence-electron chi connectivity index (χ2n) is 8.86. The molecule has 1 atom stereocenters. The molecule has 0 saturated heterocycles. The Morgan fingerprint density at radius 1 is 1.06 bits per heavy atom. The summed E-state index contributed by atoms with van der Waals surface area (Å²) in [4.78, 5) is 29.1. The van der Waals surface area contributed by atoms with E-state index in [0.29, 0.717) is 28.6 Å². The van der Waals surface area contributed by atoms with Gasteiger partial charge in [-0.2, -0.15) is 5.10 Å². The van der Waals surface area contributed by atoms with Crippen LogP contribution in [0.3, 0.4) is 0 Å². The molecule has 1 aliphatic heterocycles. The molecule has 8 heteroatoms. The zero-order chi connectivity index (χ0) is 25.3. The number of benzene rings is 3. The van der Waals surface area contributed by atoms with Crippen molar-refractivity contribution >= 4 is 29.1 Å². The average Bonchev–Trinajstić information content (AvgIpc) is 3.33. The molecule has 1 N–H and O–H groups in total. The highest BCUT2D eigenvalue weighted by Crippen LogP contribution is 2.35. The zero-order valence-electron chi connectivity index (χ0n) is 19.9. The topological polar surface area (TPSA) is 76.5 Å². The number of anilines is 1. The fourth-order valence-electron chi connectivity index (χ4n) is 4.45. The molecular formula is C28H25ClN4O3. The van der Waals surface area contributed by atoms with Crippen LogP contribution in [-0.2, 0) is 17.9 Å². The van der Waals surface area contributed by atoms with Crippen LogP contribution in [0, 0.1) is 0 Å². The van der Waals surface area contributed by atoms with Gasteiger partial charge in [0.2, 0.25) is 5.91 Å². The van der Waals surface area contributed by atoms with Gasteiger partial charge in [0.15, 0.2) is 0 Å². The molecule has 0 radical (unpaired) electrons. The summed E-state index contributed by atoms with van der Waals surface area (Å²) in [5, 5.41) is 8.25. The third-order valence-corrected chi connectivity index (χ3v) is 6.66. The molecule has 2 amide bonds. The Morgan fingerprint density at radius 3 is 2.42 bits per heavy atom. The Kier molecular flexibility index (Phi) is 6.24. The van der Waals surface area contributed by atoms with Crippen LogP contribution in [0.5, 0.6) is 5.75 Å². The highest BCUT2D eigenvalue weighted by Gasteiger charge is 2.48. The summed E-state index contributed by atoms with van der Waals surface area (Å²) in [7, 11) is 1.61. The number of aromatic nitrogens is 2. The maximum absolute atomic E-state index is 13.9. The first-order valence-electron chi connectivity index (χ1n) is 11.5. The van der Waals surface area contributed by atoms with Gasteiger partial charge in [-0.25, -0.2) is 0 Å². The van der Waals surface area contributed by atoms with E-state index in [1.807, 2.05) is 54.6 Å². The number of halogens is 1. The summed E-state index contributed by atoms with van der Waals surface area (Å²) >= 11 is 6.11. The van der Waals surface area contributed by atoms with Crippen LogP contribution in [0.25, 0.3) is 11.3 Å². The fourth-order valence-corrected chi connectivity index (χ4v) is 4.57. The molecule has 0 bridgehead atoms. The minimum Gasteiger partial charge on any atom is -0.497 e. The van der Waals surface area contributed by atoms with Gasteiger partial charge in [-0.15, -0.1) is 0 Å². The largest absolute Gasteiger partial charge is 0.497 e. The molecule has 0 saturated carbocycles. The standard InChI is InChI=1S/C28H25ClN4O3/c1-28(27(35)30-17-19-6-4-3-5-7-19)18-32-25(26(34)33(28)22-12-10-21(29)11-13-22)16-24(31-32)20-8-14-23(36-2)15-9-20/h3-16H,17-18H2,1-2H3,(H,30,35)/t28-/m1/s1. The van der Waals surface area contributed by atoms with Gasteiger partial charge in [0.1, 0.15) is 17.0 Å². The highest BCUT2D eigenvalue weighted by atomic mass is 35.5. The molecule has 1 aromatic heterocycles. The van der Waals surface area contributed by atoms with Crippen molar-refractivity contribution in [3.63, 3.8) is 0 Å². The normalized spacial score (nSPS) is 17.0. The molecular weight excluding hydrogens is 476 g/mol. The second-order valence-corrected chi connectivity index (χ2v) is 9.30. The van der Waals surface area contributed by atoms with E-state index in [-0.39, 0.29) is 18.4 Å². The van der Waals surface area contributed by atoms with Crippen molar-refractivity contribution in [2.45, 2.75) is 25.6 Å². The minimum atomic E-state index is -1.23. The number of carbonyl (C=O) groups excluding carboxylic acids is 2. The van der Waals surface area contributed by atoms with Crippen molar-refractivity contribution < 1.29 is 14.3 Å². The van der Waals surface area contributed by atoms with E-state index >= 15 is 0 Å². The number of nitrogens with zero attached hydrogens (tertiary/aromatic N) is 3. The Balaban J connectivity index is 1.53. The van der Waals surface area contributed by atoms with E-state index in [1.54, 1.807) is 53.9 Å². The molecule has 0 unspecified atom stereocenters. The highest BCUT2D eigenvalue weighted by molar-refractivity contribution is 6.30. The van der Waals surface area contributed by atoms with E-state index in [9.17, 15) is 9.59 Å². The summed E-state index contributed by atoms with van der Waals surface area (Å²) in [6.07, 6.45) is 0. The van der Waals surface area contributed by atoms with Crippen molar-refractivity contribution in [1.82, 2.24) is 15.1 Å². The van der Waals surface area contributed by atoms with Crippen molar-refractivity contribution in [2.24, 2.45) is 0 Å². The van der Waals surface area contributed by atoms with Gasteiger partial charge in [0.05, 0.1) is 19.3 Å². The van der Waals surface area contributed by atoms with E-state index < -0.39 is 5.54 Å². The fraction of sp³-hybridized carbons (Fsp3) is 0.179. The van der Waals surface area contributed by atoms with Crippen LogP contribution in [0.15, 0.2) is 84.9 Å². The smallest absolute Gasteiger partial charge is 0.277 e. The molecule has 182 valence electrons. The summed E-state index contributed by atoms with van der Waals surface area (Å²) in [5.41, 5.74) is 2.22. The van der Waals surface area contributed by atoms with Crippen molar-refractivity contribution in [1.29, 1.82) is 0 Å². The van der Waals surface area contributed by atoms with Gasteiger partial charge in [0, 0.05) is 22.8 Å². The molecule has 3 aromatic carbocycles. The van der Waals surface area contributed by atoms with Gasteiger partial charge < -0.3 is 10.1 Å². The van der Waals surface area contributed by atoms with E-state index in [1.165, 1.54) is 0 Å². The number of hydrogen-bond donors (Lipinski definition) is 1. The van der Waals surface area contributed by atoms with Crippen LogP contribution < -0.4 is 15.0 Å². The molecule has 0 aliphatic carbocycles. The molecule has 0 fully saturated rings. The summed E-state index contributed by atoms with van der Waals surface area (Å²) < 4.78 is 6.86. The molecule has 5 rings (SSSR count). The van der Waals surface area contributed by atoms with Gasteiger partial charge >= 0.3 is 0 Å². The van der Waals surface area contributed by atoms with E-state index in [2.05, 4.69) is 5.32 Å². The predicted molar refractivity (Wildman–Crippen MR) is 139 cm³/mol. The monoisotopic (exact) mass is 500 g/mol. The third kappa shape index (κ3) is 4.33. The average molecular weight is 501 g/mol. The number of amides is 2. The van der Waals surface area contributed by atoms with Gasteiger partial charge in [-0.3, -0.25) is 19.2 Å². The maximum Gasteiger partial charge on any atom is 0.277 e. The number of nitrogens with one attached hydrogen (secondary N) is 1. The SMILES string of the molecule is COc1ccc(-c2cc3n(n2)C[C@](C)(C(=O)NCc2ccccc2)N(c2ccc(Cl)cc2)C3=O)cc1. The Bertz CT molecular complexity index is 1400. The lowest BCUT2D eigenvalue weighted by Gasteiger charge is -2.43. The van der Waals surface area contributed by atoms with Crippen LogP contribution >= 0.6 is 11.6 Å². The Labute approximate surface area is 214 Å². The third-order valence-electron chi connectivity index (χ3n) is 6.41. The van der Waals surface area contributed by atoms with Crippen LogP contribution in [0.4, 0.5) is 5.69 Å². The Hall–Kier alpha value is -4.10. The number of ether oxygens (including phenoxy) is 1. The van der Waals surface area contributed by atoms with Crippen LogP contribution in [0.1, 0.15) is 23.0 Å². The first-order chi connectivity index (χ1) is 17.4. The minimum absolute atomic E-state index is 0.188. The lowest BCUT2D eigenvalue weighted by atomic mass is 9.93. The van der Waals surface area contributed by atoms with Crippen molar-refractivity contribution in [2.75, 3.05) is 12.0 Å². The van der Waals surface area contributed by atoms with Gasteiger partial charge in [0.25, 0.3) is 5.91 Å². The summed E-state index contributed by atoms with van der Waals surface area (Å²) in [5.74, 6) is 0.144. The van der Waals surface area contributed by atoms with Gasteiger partial charge in [-0.05, 0) is 67.1 Å². The molecule has 4 aromatic rings. The van der Waals surface area contributed by atoms with Crippen LogP contribution in [-0.4, -0.2) is 34.2 Å². The first-order valence-corrected chi connectivity index (χ1v) is 11.9. The number of methoxy groups -OCH3 is 1. The predicted octanol–water partition coefficient (Wildman–Crippen LogP) is 4.95. The van der Waals surface area contributed by atoms with Gasteiger partial charge in [-0.1, -0.05) is 41.9 Å². The maximum atomic E-state index is 13.9. The zero-order valence-corrected chi connectivity index (χ0v) is 20.7. The van der Waals surface area contributed by atoms with E-state index in [0.717, 1.165) is 16.9 Å². The number of carbonyl (C=O) groups is 2. The lowest BCUT2D eigenvalue weighted by molar-refractivity contribution is -0.126. The van der Waals surface area contributed by atoms with E-state index in [4.69, 9.17) is 21.4 Å².